The normalized spacial score (nSPS) is 15.5. The maximum absolute atomic E-state index is 12.2. The molecular formula is C20H29N3O2S. The first kappa shape index (κ1) is 20.5. The fourth-order valence-corrected chi connectivity index (χ4v) is 3.82. The molecule has 0 radical (unpaired) electrons. The van der Waals surface area contributed by atoms with E-state index in [0.717, 1.165) is 30.2 Å². The second-order valence-electron chi connectivity index (χ2n) is 7.40. The number of rotatable bonds is 8. The van der Waals surface area contributed by atoms with E-state index in [1.165, 1.54) is 17.8 Å². The van der Waals surface area contributed by atoms with E-state index < -0.39 is 0 Å². The average molecular weight is 376 g/mol. The molecule has 0 saturated heterocycles. The summed E-state index contributed by atoms with van der Waals surface area (Å²) >= 11 is 1.33. The molecule has 1 aromatic carbocycles. The van der Waals surface area contributed by atoms with Crippen molar-refractivity contribution in [3.05, 3.63) is 35.2 Å². The van der Waals surface area contributed by atoms with Crippen LogP contribution in [0.1, 0.15) is 27.7 Å². The number of amides is 2. The number of hydrogen-bond donors (Lipinski definition) is 2. The Balaban J connectivity index is 1.87. The molecule has 0 unspecified atom stereocenters. The van der Waals surface area contributed by atoms with E-state index in [4.69, 9.17) is 0 Å². The number of benzene rings is 1. The molecule has 0 bridgehead atoms. The van der Waals surface area contributed by atoms with Gasteiger partial charge in [0.05, 0.1) is 10.6 Å². The first-order valence-electron chi connectivity index (χ1n) is 9.15. The Morgan fingerprint density at radius 1 is 1.19 bits per heavy atom. The van der Waals surface area contributed by atoms with Gasteiger partial charge in [0, 0.05) is 37.2 Å². The molecule has 0 saturated carbocycles. The van der Waals surface area contributed by atoms with Crippen molar-refractivity contribution in [2.24, 2.45) is 11.8 Å². The lowest BCUT2D eigenvalue weighted by atomic mass is 10.1. The van der Waals surface area contributed by atoms with E-state index in [0.29, 0.717) is 23.3 Å². The molecule has 1 heterocycles. The van der Waals surface area contributed by atoms with Crippen molar-refractivity contribution >= 4 is 29.3 Å². The van der Waals surface area contributed by atoms with Crippen molar-refractivity contribution in [1.29, 1.82) is 0 Å². The molecule has 2 rings (SSSR count). The Bertz CT molecular complexity index is 661. The summed E-state index contributed by atoms with van der Waals surface area (Å²) in [6.45, 7) is 12.2. The first-order chi connectivity index (χ1) is 12.3. The zero-order valence-electron chi connectivity index (χ0n) is 16.0. The van der Waals surface area contributed by atoms with Crippen molar-refractivity contribution < 1.29 is 9.59 Å². The van der Waals surface area contributed by atoms with Crippen molar-refractivity contribution in [2.75, 3.05) is 31.5 Å². The summed E-state index contributed by atoms with van der Waals surface area (Å²) in [5.74, 6) is 0.726. The van der Waals surface area contributed by atoms with Crippen LogP contribution in [0.15, 0.2) is 40.1 Å². The first-order valence-corrected chi connectivity index (χ1v) is 9.97. The van der Waals surface area contributed by atoms with E-state index in [1.54, 1.807) is 0 Å². The molecule has 0 aliphatic carbocycles. The van der Waals surface area contributed by atoms with Crippen LogP contribution in [0.5, 0.6) is 0 Å². The number of anilines is 1. The van der Waals surface area contributed by atoms with Crippen LogP contribution in [-0.4, -0.2) is 42.9 Å². The highest BCUT2D eigenvalue weighted by Crippen LogP contribution is 2.37. The smallest absolute Gasteiger partial charge is 0.262 e. The quantitative estimate of drug-likeness (QED) is 0.684. The Hall–Kier alpha value is -1.79. The van der Waals surface area contributed by atoms with Gasteiger partial charge in [-0.15, -0.1) is 0 Å². The summed E-state index contributed by atoms with van der Waals surface area (Å²) in [5, 5.41) is 5.72. The molecule has 1 aromatic rings. The number of nitrogens with one attached hydrogen (secondary N) is 2. The summed E-state index contributed by atoms with van der Waals surface area (Å²) in [4.78, 5) is 28.1. The van der Waals surface area contributed by atoms with Crippen LogP contribution in [-0.2, 0) is 9.59 Å². The van der Waals surface area contributed by atoms with E-state index in [9.17, 15) is 9.59 Å². The second kappa shape index (κ2) is 9.78. The second-order valence-corrected chi connectivity index (χ2v) is 8.48. The number of fused-ring (bicyclic) bond motifs is 1. The summed E-state index contributed by atoms with van der Waals surface area (Å²) in [6, 6.07) is 7.58. The van der Waals surface area contributed by atoms with Gasteiger partial charge < -0.3 is 15.5 Å². The molecule has 142 valence electrons. The lowest BCUT2D eigenvalue weighted by molar-refractivity contribution is -0.117. The fraction of sp³-hybridized carbons (Fsp3) is 0.500. The van der Waals surface area contributed by atoms with E-state index in [2.05, 4.69) is 43.2 Å². The number of thioether (sulfide) groups is 1. The van der Waals surface area contributed by atoms with E-state index in [1.807, 2.05) is 24.3 Å². The highest BCUT2D eigenvalue weighted by Gasteiger charge is 2.21. The largest absolute Gasteiger partial charge is 0.351 e. The van der Waals surface area contributed by atoms with Crippen LogP contribution >= 0.6 is 11.8 Å². The molecule has 2 N–H and O–H groups in total. The third kappa shape index (κ3) is 6.50. The lowest BCUT2D eigenvalue weighted by Gasteiger charge is -2.26. The van der Waals surface area contributed by atoms with Crippen molar-refractivity contribution in [3.8, 4) is 0 Å². The predicted molar refractivity (Wildman–Crippen MR) is 108 cm³/mol. The Morgan fingerprint density at radius 3 is 2.50 bits per heavy atom. The monoisotopic (exact) mass is 375 g/mol. The van der Waals surface area contributed by atoms with Gasteiger partial charge in [0.15, 0.2) is 0 Å². The van der Waals surface area contributed by atoms with Gasteiger partial charge >= 0.3 is 0 Å². The zero-order valence-corrected chi connectivity index (χ0v) is 16.9. The molecule has 26 heavy (non-hydrogen) atoms. The SMILES string of the molecule is CC(C)CN(CCNC(=O)C=C1Sc2ccccc2NC1=O)CC(C)C. The summed E-state index contributed by atoms with van der Waals surface area (Å²) in [5.41, 5.74) is 0.790. The minimum absolute atomic E-state index is 0.226. The van der Waals surface area contributed by atoms with Crippen LogP contribution < -0.4 is 10.6 Å². The molecule has 0 fully saturated rings. The molecule has 2 amide bonds. The topological polar surface area (TPSA) is 61.4 Å². The minimum atomic E-state index is -0.231. The number of hydrogen-bond acceptors (Lipinski definition) is 4. The van der Waals surface area contributed by atoms with Gasteiger partial charge in [-0.3, -0.25) is 9.59 Å². The third-order valence-electron chi connectivity index (χ3n) is 3.82. The Morgan fingerprint density at radius 2 is 1.85 bits per heavy atom. The van der Waals surface area contributed by atoms with Gasteiger partial charge in [-0.1, -0.05) is 51.6 Å². The molecule has 0 spiro atoms. The Kier molecular flexibility index (Phi) is 7.72. The molecule has 5 nitrogen and oxygen atoms in total. The van der Waals surface area contributed by atoms with Crippen molar-refractivity contribution in [2.45, 2.75) is 32.6 Å². The number of para-hydroxylation sites is 1. The highest BCUT2D eigenvalue weighted by atomic mass is 32.2. The molecule has 6 heteroatoms. The number of carbonyl (C=O) groups is 2. The average Bonchev–Trinajstić information content (AvgIpc) is 2.54. The Labute approximate surface area is 160 Å². The zero-order chi connectivity index (χ0) is 19.1. The minimum Gasteiger partial charge on any atom is -0.351 e. The number of carbonyl (C=O) groups excluding carboxylic acids is 2. The van der Waals surface area contributed by atoms with Crippen LogP contribution in [0.3, 0.4) is 0 Å². The van der Waals surface area contributed by atoms with Gasteiger partial charge in [0.1, 0.15) is 0 Å². The van der Waals surface area contributed by atoms with Crippen LogP contribution in [0, 0.1) is 11.8 Å². The van der Waals surface area contributed by atoms with E-state index >= 15 is 0 Å². The fourth-order valence-electron chi connectivity index (χ4n) is 2.90. The van der Waals surface area contributed by atoms with Crippen LogP contribution in [0.4, 0.5) is 5.69 Å². The summed E-state index contributed by atoms with van der Waals surface area (Å²) in [7, 11) is 0. The number of nitrogens with zero attached hydrogens (tertiary/aromatic N) is 1. The lowest BCUT2D eigenvalue weighted by Crippen LogP contribution is -2.38. The van der Waals surface area contributed by atoms with Crippen molar-refractivity contribution in [1.82, 2.24) is 10.2 Å². The molecule has 1 aliphatic heterocycles. The van der Waals surface area contributed by atoms with Gasteiger partial charge in [-0.2, -0.15) is 0 Å². The maximum atomic E-state index is 12.2. The molecular weight excluding hydrogens is 346 g/mol. The van der Waals surface area contributed by atoms with Crippen LogP contribution in [0.2, 0.25) is 0 Å². The third-order valence-corrected chi connectivity index (χ3v) is 4.91. The van der Waals surface area contributed by atoms with Gasteiger partial charge in [-0.25, -0.2) is 0 Å². The van der Waals surface area contributed by atoms with Crippen molar-refractivity contribution in [3.63, 3.8) is 0 Å². The van der Waals surface area contributed by atoms with E-state index in [-0.39, 0.29) is 11.8 Å². The molecule has 0 atom stereocenters. The summed E-state index contributed by atoms with van der Waals surface area (Å²) in [6.07, 6.45) is 1.39. The maximum Gasteiger partial charge on any atom is 0.262 e. The molecule has 1 aliphatic rings. The predicted octanol–water partition coefficient (Wildman–Crippen LogP) is 3.34. The van der Waals surface area contributed by atoms with Crippen LogP contribution in [0.25, 0.3) is 0 Å². The van der Waals surface area contributed by atoms with Gasteiger partial charge in [0.25, 0.3) is 5.91 Å². The standard InChI is InChI=1S/C20H29N3O2S/c1-14(2)12-23(13-15(3)4)10-9-21-19(24)11-18-20(25)22-16-7-5-6-8-17(16)26-18/h5-8,11,14-15H,9-10,12-13H2,1-4H3,(H,21,24)(H,22,25). The molecule has 0 aromatic heterocycles. The highest BCUT2D eigenvalue weighted by molar-refractivity contribution is 8.04. The summed E-state index contributed by atoms with van der Waals surface area (Å²) < 4.78 is 0. The van der Waals surface area contributed by atoms with Gasteiger partial charge in [0.2, 0.25) is 5.91 Å². The van der Waals surface area contributed by atoms with Gasteiger partial charge in [-0.05, 0) is 24.0 Å².